The maximum atomic E-state index is 8.99. The number of hydrogen-bond donors (Lipinski definition) is 0. The van der Waals surface area contributed by atoms with Gasteiger partial charge < -0.3 is 4.42 Å². The summed E-state index contributed by atoms with van der Waals surface area (Å²) in [5.74, 6) is 0. The van der Waals surface area contributed by atoms with Crippen LogP contribution in [0.25, 0.3) is 87.3 Å². The molecule has 0 radical (unpaired) electrons. The molecule has 1 heteroatoms. The van der Waals surface area contributed by atoms with Crippen LogP contribution in [0.2, 0.25) is 0 Å². The smallest absolute Gasteiger partial charge is 0.136 e. The minimum Gasteiger partial charge on any atom is -0.456 e. The maximum Gasteiger partial charge on any atom is 0.136 e. The lowest BCUT2D eigenvalue weighted by atomic mass is 9.89. The molecule has 0 N–H and O–H groups in total. The molecule has 0 amide bonds. The average Bonchev–Trinajstić information content (AvgIpc) is 3.44. The van der Waals surface area contributed by atoms with Crippen molar-refractivity contribution in [1.29, 1.82) is 0 Å². The van der Waals surface area contributed by atoms with E-state index in [0.717, 1.165) is 87.3 Å². The van der Waals surface area contributed by atoms with Gasteiger partial charge in [-0.25, -0.2) is 0 Å². The zero-order valence-corrected chi connectivity index (χ0v) is 22.1. The van der Waals surface area contributed by atoms with E-state index in [1.54, 1.807) is 0 Å². The number of benzene rings is 8. The van der Waals surface area contributed by atoms with E-state index >= 15 is 0 Å². The molecule has 0 fully saturated rings. The fraction of sp³-hybridized carbons (Fsp3) is 0. The number of fused-ring (bicyclic) bond motifs is 7. The third-order valence-electron chi connectivity index (χ3n) is 8.38. The van der Waals surface area contributed by atoms with E-state index in [4.69, 9.17) is 7.16 Å². The lowest BCUT2D eigenvalue weighted by Crippen LogP contribution is -1.87. The standard InChI is InChI=1S/C40H24O/c1-5-14-30-25(10-1)22-26-11-2-6-15-31(26)38(30)29-20-21-36-35(24-29)40-34(18-9-19-37(40)41-36)39-32-16-7-3-12-27(32)23-28-13-4-8-17-33(28)39/h1-24H/i22D,23D. The molecule has 1 heterocycles. The van der Waals surface area contributed by atoms with Crippen molar-refractivity contribution in [3.8, 4) is 22.3 Å². The first kappa shape index (κ1) is 20.5. The van der Waals surface area contributed by atoms with Crippen LogP contribution in [0.1, 0.15) is 2.74 Å². The number of rotatable bonds is 2. The summed E-state index contributed by atoms with van der Waals surface area (Å²) < 4.78 is 24.4. The summed E-state index contributed by atoms with van der Waals surface area (Å²) in [6, 6.07) is 46.8. The van der Waals surface area contributed by atoms with Gasteiger partial charge in [-0.3, -0.25) is 0 Å². The van der Waals surface area contributed by atoms with Crippen molar-refractivity contribution in [2.24, 2.45) is 0 Å². The first-order chi connectivity index (χ1) is 21.2. The van der Waals surface area contributed by atoms with Gasteiger partial charge in [0.15, 0.2) is 0 Å². The minimum absolute atomic E-state index is 0.554. The summed E-state index contributed by atoms with van der Waals surface area (Å²) in [6.07, 6.45) is 0. The van der Waals surface area contributed by atoms with E-state index in [2.05, 4.69) is 78.9 Å². The fourth-order valence-electron chi connectivity index (χ4n) is 6.61. The molecule has 9 aromatic rings. The molecule has 0 saturated carbocycles. The Morgan fingerprint density at radius 3 is 1.49 bits per heavy atom. The van der Waals surface area contributed by atoms with E-state index in [-0.39, 0.29) is 0 Å². The molecule has 0 aliphatic heterocycles. The van der Waals surface area contributed by atoms with Crippen LogP contribution in [0.3, 0.4) is 0 Å². The van der Waals surface area contributed by atoms with Crippen LogP contribution < -0.4 is 0 Å². The second kappa shape index (κ2) is 8.55. The van der Waals surface area contributed by atoms with Crippen molar-refractivity contribution >= 4 is 65.0 Å². The summed E-state index contributed by atoms with van der Waals surface area (Å²) >= 11 is 0. The van der Waals surface area contributed by atoms with Gasteiger partial charge in [0, 0.05) is 10.8 Å². The van der Waals surface area contributed by atoms with Crippen molar-refractivity contribution in [2.45, 2.75) is 0 Å². The first-order valence-corrected chi connectivity index (χ1v) is 13.9. The third-order valence-corrected chi connectivity index (χ3v) is 8.38. The van der Waals surface area contributed by atoms with Crippen molar-refractivity contribution in [2.75, 3.05) is 0 Å². The molecule has 0 atom stereocenters. The van der Waals surface area contributed by atoms with Crippen LogP contribution in [-0.2, 0) is 0 Å². The second-order valence-corrected chi connectivity index (χ2v) is 10.7. The van der Waals surface area contributed by atoms with Crippen LogP contribution in [0.4, 0.5) is 0 Å². The van der Waals surface area contributed by atoms with E-state index in [9.17, 15) is 0 Å². The predicted molar refractivity (Wildman–Crippen MR) is 175 cm³/mol. The Labute approximate surface area is 239 Å². The highest BCUT2D eigenvalue weighted by atomic mass is 16.3. The molecule has 0 unspecified atom stereocenters. The van der Waals surface area contributed by atoms with Crippen LogP contribution >= 0.6 is 0 Å². The SMILES string of the molecule is [2H]c1c2ccccc2c(-c2ccc3oc4cccc(-c5c6ccccc6c([2H])c6ccccc56)c4c3c2)c2ccccc12. The highest BCUT2D eigenvalue weighted by Crippen LogP contribution is 2.44. The molecule has 0 aliphatic rings. The average molecular weight is 523 g/mol. The molecule has 0 aliphatic carbocycles. The Balaban J connectivity index is 1.42. The van der Waals surface area contributed by atoms with Crippen molar-refractivity contribution in [3.63, 3.8) is 0 Å². The predicted octanol–water partition coefficient (Wildman–Crippen LogP) is 11.5. The summed E-state index contributed by atoms with van der Waals surface area (Å²) in [5.41, 5.74) is 6.11. The topological polar surface area (TPSA) is 13.1 Å². The van der Waals surface area contributed by atoms with Crippen LogP contribution in [-0.4, -0.2) is 0 Å². The van der Waals surface area contributed by atoms with Gasteiger partial charge in [-0.15, -0.1) is 0 Å². The monoisotopic (exact) mass is 522 g/mol. The largest absolute Gasteiger partial charge is 0.456 e. The van der Waals surface area contributed by atoms with E-state index in [1.807, 2.05) is 54.6 Å². The Morgan fingerprint density at radius 1 is 0.415 bits per heavy atom. The van der Waals surface area contributed by atoms with Crippen molar-refractivity contribution in [3.05, 3.63) is 146 Å². The van der Waals surface area contributed by atoms with Gasteiger partial charge in [0.1, 0.15) is 11.2 Å². The van der Waals surface area contributed by atoms with E-state index in [0.29, 0.717) is 12.1 Å². The van der Waals surface area contributed by atoms with Gasteiger partial charge >= 0.3 is 0 Å². The Morgan fingerprint density at radius 2 is 0.927 bits per heavy atom. The van der Waals surface area contributed by atoms with Crippen LogP contribution in [0, 0.1) is 0 Å². The molecule has 0 bridgehead atoms. The maximum absolute atomic E-state index is 8.99. The Hall–Kier alpha value is -5.40. The molecule has 41 heavy (non-hydrogen) atoms. The number of hydrogen-bond acceptors (Lipinski definition) is 1. The lowest BCUT2D eigenvalue weighted by molar-refractivity contribution is 0.669. The molecule has 8 aromatic carbocycles. The fourth-order valence-corrected chi connectivity index (χ4v) is 6.61. The highest BCUT2D eigenvalue weighted by Gasteiger charge is 2.18. The molecule has 190 valence electrons. The Kier molecular flexibility index (Phi) is 4.27. The zero-order valence-electron chi connectivity index (χ0n) is 24.1. The molecular weight excluding hydrogens is 496 g/mol. The highest BCUT2D eigenvalue weighted by molar-refractivity contribution is 6.22. The molecular formula is C40H24O. The number of furan rings is 1. The summed E-state index contributed by atoms with van der Waals surface area (Å²) in [4.78, 5) is 0. The van der Waals surface area contributed by atoms with Gasteiger partial charge in [0.2, 0.25) is 0 Å². The van der Waals surface area contributed by atoms with E-state index < -0.39 is 0 Å². The quantitative estimate of drug-likeness (QED) is 0.206. The lowest BCUT2D eigenvalue weighted by Gasteiger charge is -2.14. The summed E-state index contributed by atoms with van der Waals surface area (Å²) in [6.45, 7) is 0. The van der Waals surface area contributed by atoms with Gasteiger partial charge in [-0.05, 0) is 95.6 Å². The zero-order chi connectivity index (χ0) is 28.7. The third kappa shape index (κ3) is 3.30. The molecule has 1 nitrogen and oxygen atoms in total. The minimum atomic E-state index is 0.554. The Bertz CT molecular complexity index is 2480. The summed E-state index contributed by atoms with van der Waals surface area (Å²) in [5, 5.41) is 10.2. The first-order valence-electron chi connectivity index (χ1n) is 14.9. The molecule has 0 spiro atoms. The van der Waals surface area contributed by atoms with Gasteiger partial charge in [-0.1, -0.05) is 115 Å². The second-order valence-electron chi connectivity index (χ2n) is 10.7. The van der Waals surface area contributed by atoms with Crippen molar-refractivity contribution in [1.82, 2.24) is 0 Å². The van der Waals surface area contributed by atoms with Gasteiger partial charge in [0.25, 0.3) is 0 Å². The van der Waals surface area contributed by atoms with Gasteiger partial charge in [-0.2, -0.15) is 0 Å². The van der Waals surface area contributed by atoms with Crippen LogP contribution in [0.15, 0.2) is 150 Å². The van der Waals surface area contributed by atoms with Gasteiger partial charge in [0.05, 0.1) is 2.74 Å². The van der Waals surface area contributed by atoms with Crippen LogP contribution in [0.5, 0.6) is 0 Å². The van der Waals surface area contributed by atoms with E-state index in [1.165, 1.54) is 0 Å². The summed E-state index contributed by atoms with van der Waals surface area (Å²) in [7, 11) is 0. The normalized spacial score (nSPS) is 12.6. The molecule has 1 aromatic heterocycles. The molecule has 9 rings (SSSR count). The van der Waals surface area contributed by atoms with Crippen molar-refractivity contribution < 1.29 is 7.16 Å². The molecule has 0 saturated heterocycles.